The van der Waals surface area contributed by atoms with Crippen LogP contribution in [0.1, 0.15) is 6.42 Å². The van der Waals surface area contributed by atoms with Crippen LogP contribution in [0.15, 0.2) is 0 Å². The highest BCUT2D eigenvalue weighted by Crippen LogP contribution is 2.00. The summed E-state index contributed by atoms with van der Waals surface area (Å²) in [7, 11) is 0. The van der Waals surface area contributed by atoms with Crippen LogP contribution in [0.25, 0.3) is 0 Å². The van der Waals surface area contributed by atoms with E-state index in [2.05, 4.69) is 41.3 Å². The smallest absolute Gasteiger partial charge is 0.343 e. The van der Waals surface area contributed by atoms with E-state index < -0.39 is 36.3 Å². The van der Waals surface area contributed by atoms with Gasteiger partial charge in [0.15, 0.2) is 12.0 Å². The standard InChI is InChI=1S/C8H9Br2NO6/c9-2-6(13)16-5(11)1-4(12)8(15)17-7(14)3-10/h4,11-12H,1-3H2. The minimum atomic E-state index is -1.73. The third-order valence-corrected chi connectivity index (χ3v) is 2.24. The van der Waals surface area contributed by atoms with E-state index in [1.54, 1.807) is 0 Å². The van der Waals surface area contributed by atoms with Gasteiger partial charge in [-0.15, -0.1) is 0 Å². The van der Waals surface area contributed by atoms with E-state index in [0.717, 1.165) is 0 Å². The first kappa shape index (κ1) is 16.2. The topological polar surface area (TPSA) is 114 Å². The van der Waals surface area contributed by atoms with Gasteiger partial charge in [-0.1, -0.05) is 31.9 Å². The van der Waals surface area contributed by atoms with Gasteiger partial charge >= 0.3 is 17.9 Å². The second kappa shape index (κ2) is 8.31. The average molecular weight is 375 g/mol. The molecule has 0 aliphatic rings. The predicted octanol–water partition coefficient (Wildman–Crippen LogP) is 0.117. The van der Waals surface area contributed by atoms with Crippen molar-refractivity contribution >= 4 is 55.7 Å². The number of alkyl halides is 2. The SMILES string of the molecule is N=C(CC(O)C(=O)OC(=O)CBr)OC(=O)CBr. The van der Waals surface area contributed by atoms with Crippen molar-refractivity contribution in [2.75, 3.05) is 10.7 Å². The van der Waals surface area contributed by atoms with Crippen molar-refractivity contribution < 1.29 is 29.0 Å². The lowest BCUT2D eigenvalue weighted by molar-refractivity contribution is -0.164. The summed E-state index contributed by atoms with van der Waals surface area (Å²) in [5.41, 5.74) is 0. The van der Waals surface area contributed by atoms with E-state index in [9.17, 15) is 19.5 Å². The molecule has 0 aromatic heterocycles. The first-order valence-electron chi connectivity index (χ1n) is 4.23. The van der Waals surface area contributed by atoms with Crippen molar-refractivity contribution in [3.8, 4) is 0 Å². The number of hydrogen-bond acceptors (Lipinski definition) is 7. The molecule has 0 fully saturated rings. The van der Waals surface area contributed by atoms with Gasteiger partial charge < -0.3 is 14.6 Å². The molecular formula is C8H9Br2NO6. The van der Waals surface area contributed by atoms with E-state index in [-0.39, 0.29) is 10.7 Å². The monoisotopic (exact) mass is 373 g/mol. The fourth-order valence-corrected chi connectivity index (χ4v) is 0.902. The molecule has 0 radical (unpaired) electrons. The van der Waals surface area contributed by atoms with E-state index in [1.807, 2.05) is 0 Å². The molecule has 9 heteroatoms. The van der Waals surface area contributed by atoms with Gasteiger partial charge in [-0.05, 0) is 0 Å². The van der Waals surface area contributed by atoms with E-state index in [0.29, 0.717) is 0 Å². The highest BCUT2D eigenvalue weighted by atomic mass is 79.9. The van der Waals surface area contributed by atoms with Gasteiger partial charge in [0.05, 0.1) is 6.42 Å². The van der Waals surface area contributed by atoms with Crippen LogP contribution in [0.5, 0.6) is 0 Å². The number of esters is 3. The predicted molar refractivity (Wildman–Crippen MR) is 63.1 cm³/mol. The minimum absolute atomic E-state index is 0.113. The second-order valence-corrected chi connectivity index (χ2v) is 3.80. The summed E-state index contributed by atoms with van der Waals surface area (Å²) in [6.07, 6.45) is -2.28. The van der Waals surface area contributed by atoms with Gasteiger partial charge in [0.25, 0.3) is 0 Å². The average Bonchev–Trinajstić information content (AvgIpc) is 2.28. The van der Waals surface area contributed by atoms with Crippen LogP contribution in [0, 0.1) is 5.41 Å². The summed E-state index contributed by atoms with van der Waals surface area (Å²) >= 11 is 5.57. The Balaban J connectivity index is 4.11. The molecule has 0 saturated heterocycles. The zero-order valence-corrected chi connectivity index (χ0v) is 11.6. The van der Waals surface area contributed by atoms with Crippen LogP contribution in [-0.4, -0.2) is 45.7 Å². The zero-order valence-electron chi connectivity index (χ0n) is 8.44. The first-order valence-corrected chi connectivity index (χ1v) is 6.47. The molecule has 17 heavy (non-hydrogen) atoms. The number of carbonyl (C=O) groups is 3. The Morgan fingerprint density at radius 3 is 2.06 bits per heavy atom. The lowest BCUT2D eigenvalue weighted by atomic mass is 10.2. The van der Waals surface area contributed by atoms with Crippen molar-refractivity contribution in [1.29, 1.82) is 5.41 Å². The largest absolute Gasteiger partial charge is 0.411 e. The van der Waals surface area contributed by atoms with Gasteiger partial charge in [-0.25, -0.2) is 4.79 Å². The van der Waals surface area contributed by atoms with Gasteiger partial charge in [-0.3, -0.25) is 15.0 Å². The molecule has 7 nitrogen and oxygen atoms in total. The summed E-state index contributed by atoms with van der Waals surface area (Å²) in [5, 5.41) is 16.1. The van der Waals surface area contributed by atoms with Crippen molar-refractivity contribution in [3.05, 3.63) is 0 Å². The maximum Gasteiger partial charge on any atom is 0.343 e. The third kappa shape index (κ3) is 7.18. The van der Waals surface area contributed by atoms with Crippen molar-refractivity contribution in [3.63, 3.8) is 0 Å². The minimum Gasteiger partial charge on any atom is -0.411 e. The van der Waals surface area contributed by atoms with Gasteiger partial charge in [-0.2, -0.15) is 0 Å². The normalized spacial score (nSPS) is 11.5. The van der Waals surface area contributed by atoms with Crippen LogP contribution in [0.2, 0.25) is 0 Å². The molecule has 0 amide bonds. The number of rotatable bonds is 5. The van der Waals surface area contributed by atoms with Crippen LogP contribution in [-0.2, 0) is 23.9 Å². The van der Waals surface area contributed by atoms with Gasteiger partial charge in [0, 0.05) is 0 Å². The number of aliphatic hydroxyl groups excluding tert-OH is 1. The number of ether oxygens (including phenoxy) is 2. The molecule has 96 valence electrons. The molecule has 0 rings (SSSR count). The number of nitrogens with one attached hydrogen (secondary N) is 1. The van der Waals surface area contributed by atoms with E-state index in [1.165, 1.54) is 0 Å². The van der Waals surface area contributed by atoms with Crippen LogP contribution < -0.4 is 0 Å². The Hall–Kier alpha value is -0.800. The Labute approximate surface area is 113 Å². The Morgan fingerprint density at radius 1 is 1.12 bits per heavy atom. The summed E-state index contributed by atoms with van der Waals surface area (Å²) in [6.45, 7) is 0. The van der Waals surface area contributed by atoms with E-state index >= 15 is 0 Å². The molecular weight excluding hydrogens is 366 g/mol. The summed E-state index contributed by atoms with van der Waals surface area (Å²) in [5.74, 6) is -3.38. The highest BCUT2D eigenvalue weighted by molar-refractivity contribution is 9.09. The summed E-state index contributed by atoms with van der Waals surface area (Å²) < 4.78 is 8.56. The molecule has 0 aromatic rings. The van der Waals surface area contributed by atoms with E-state index in [4.69, 9.17) is 5.41 Å². The molecule has 0 saturated carbocycles. The fourth-order valence-electron chi connectivity index (χ4n) is 0.673. The number of aliphatic hydroxyl groups is 1. The van der Waals surface area contributed by atoms with Crippen molar-refractivity contribution in [2.45, 2.75) is 12.5 Å². The molecule has 0 spiro atoms. The number of carbonyl (C=O) groups excluding carboxylic acids is 3. The van der Waals surface area contributed by atoms with Crippen LogP contribution in [0.3, 0.4) is 0 Å². The molecule has 2 N–H and O–H groups in total. The Morgan fingerprint density at radius 2 is 1.59 bits per heavy atom. The maximum absolute atomic E-state index is 11.0. The molecule has 0 aliphatic heterocycles. The molecule has 0 bridgehead atoms. The Bertz CT molecular complexity index is 332. The number of hydrogen-bond donors (Lipinski definition) is 2. The maximum atomic E-state index is 11.0. The van der Waals surface area contributed by atoms with Crippen molar-refractivity contribution in [2.24, 2.45) is 0 Å². The van der Waals surface area contributed by atoms with Crippen molar-refractivity contribution in [1.82, 2.24) is 0 Å². The molecule has 0 heterocycles. The van der Waals surface area contributed by atoms with Gasteiger partial charge in [0.2, 0.25) is 0 Å². The van der Waals surface area contributed by atoms with Crippen LogP contribution >= 0.6 is 31.9 Å². The molecule has 0 aromatic carbocycles. The zero-order chi connectivity index (χ0) is 13.4. The first-order chi connectivity index (χ1) is 7.90. The third-order valence-electron chi connectivity index (χ3n) is 1.32. The lowest BCUT2D eigenvalue weighted by Crippen LogP contribution is -2.29. The Kier molecular flexibility index (Phi) is 7.92. The molecule has 1 unspecified atom stereocenters. The van der Waals surface area contributed by atoms with Gasteiger partial charge in [0.1, 0.15) is 10.7 Å². The van der Waals surface area contributed by atoms with Crippen LogP contribution in [0.4, 0.5) is 0 Å². The second-order valence-electron chi connectivity index (χ2n) is 2.68. The fraction of sp³-hybridized carbons (Fsp3) is 0.500. The lowest BCUT2D eigenvalue weighted by Gasteiger charge is -2.09. The summed E-state index contributed by atoms with van der Waals surface area (Å²) in [4.78, 5) is 32.5. The quantitative estimate of drug-likeness (QED) is 0.232. The number of halogens is 2. The molecule has 1 atom stereocenters. The highest BCUT2D eigenvalue weighted by Gasteiger charge is 2.22. The molecule has 0 aliphatic carbocycles. The summed E-state index contributed by atoms with van der Waals surface area (Å²) in [6, 6.07) is 0.